The fraction of sp³-hybridized carbons (Fsp3) is 0.625. The molecule has 0 radical (unpaired) electrons. The van der Waals surface area contributed by atoms with Gasteiger partial charge in [0.1, 0.15) is 10.6 Å². The molecular weight excluding hydrogens is 218 g/mol. The van der Waals surface area contributed by atoms with Crippen LogP contribution < -0.4 is 10.5 Å². The summed E-state index contributed by atoms with van der Waals surface area (Å²) in [7, 11) is -3.58. The van der Waals surface area contributed by atoms with Crippen molar-refractivity contribution in [2.75, 3.05) is 6.54 Å². The van der Waals surface area contributed by atoms with E-state index in [1.54, 1.807) is 20.8 Å². The highest BCUT2D eigenvalue weighted by Crippen LogP contribution is 2.18. The number of nitrogens with zero attached hydrogens (tertiary/aromatic N) is 1. The highest BCUT2D eigenvalue weighted by molar-refractivity contribution is 7.89. The number of nitrogens with one attached hydrogen (secondary N) is 1. The predicted molar refractivity (Wildman–Crippen MR) is 54.8 cm³/mol. The van der Waals surface area contributed by atoms with Crippen molar-refractivity contribution in [1.82, 2.24) is 9.88 Å². The summed E-state index contributed by atoms with van der Waals surface area (Å²) >= 11 is 0. The molecule has 6 nitrogen and oxygen atoms in total. The number of aromatic nitrogens is 1. The minimum Gasteiger partial charge on any atom is -0.360 e. The average molecular weight is 233 g/mol. The Kier molecular flexibility index (Phi) is 3.48. The van der Waals surface area contributed by atoms with Gasteiger partial charge in [-0.3, -0.25) is 0 Å². The Bertz CT molecular complexity index is 418. The molecular formula is C8H15N3O3S. The van der Waals surface area contributed by atoms with Crippen LogP contribution in [0.5, 0.6) is 0 Å². The first-order valence-corrected chi connectivity index (χ1v) is 6.02. The second-order valence-corrected chi connectivity index (χ2v) is 5.06. The van der Waals surface area contributed by atoms with Gasteiger partial charge in [-0.05, 0) is 20.8 Å². The molecule has 0 aromatic carbocycles. The van der Waals surface area contributed by atoms with Crippen LogP contribution in [-0.2, 0) is 10.0 Å². The number of hydrogen-bond donors (Lipinski definition) is 2. The van der Waals surface area contributed by atoms with Crippen molar-refractivity contribution in [2.45, 2.75) is 31.7 Å². The molecule has 1 heterocycles. The molecule has 1 aromatic rings. The monoisotopic (exact) mass is 233 g/mol. The first kappa shape index (κ1) is 12.2. The number of nitrogens with two attached hydrogens (primary N) is 1. The summed E-state index contributed by atoms with van der Waals surface area (Å²) in [5.41, 5.74) is 5.69. The summed E-state index contributed by atoms with van der Waals surface area (Å²) in [6, 6.07) is -0.316. The van der Waals surface area contributed by atoms with Crippen LogP contribution in [0.4, 0.5) is 0 Å². The summed E-state index contributed by atoms with van der Waals surface area (Å²) in [5.74, 6) is 0.282. The third kappa shape index (κ3) is 2.55. The lowest BCUT2D eigenvalue weighted by atomic mass is 10.4. The van der Waals surface area contributed by atoms with E-state index in [0.29, 0.717) is 5.69 Å². The molecule has 86 valence electrons. The van der Waals surface area contributed by atoms with E-state index in [4.69, 9.17) is 10.3 Å². The Morgan fingerprint density at radius 1 is 1.53 bits per heavy atom. The van der Waals surface area contributed by atoms with Gasteiger partial charge in [0.15, 0.2) is 5.76 Å². The lowest BCUT2D eigenvalue weighted by molar-refractivity contribution is 0.390. The zero-order chi connectivity index (χ0) is 11.6. The first-order valence-electron chi connectivity index (χ1n) is 4.53. The maximum absolute atomic E-state index is 11.8. The van der Waals surface area contributed by atoms with Crippen molar-refractivity contribution in [2.24, 2.45) is 5.73 Å². The van der Waals surface area contributed by atoms with Crippen molar-refractivity contribution >= 4 is 10.0 Å². The van der Waals surface area contributed by atoms with E-state index in [1.165, 1.54) is 0 Å². The van der Waals surface area contributed by atoms with Gasteiger partial charge in [0, 0.05) is 12.6 Å². The molecule has 0 spiro atoms. The van der Waals surface area contributed by atoms with E-state index in [2.05, 4.69) is 9.88 Å². The Morgan fingerprint density at radius 2 is 2.13 bits per heavy atom. The van der Waals surface area contributed by atoms with E-state index in [1.807, 2.05) is 0 Å². The van der Waals surface area contributed by atoms with Crippen LogP contribution in [-0.4, -0.2) is 26.2 Å². The van der Waals surface area contributed by atoms with Crippen molar-refractivity contribution in [1.29, 1.82) is 0 Å². The normalized spacial score (nSPS) is 14.1. The van der Waals surface area contributed by atoms with E-state index in [0.717, 1.165) is 0 Å². The van der Waals surface area contributed by atoms with E-state index < -0.39 is 10.0 Å². The predicted octanol–water partition coefficient (Wildman–Crippen LogP) is -0.0831. The van der Waals surface area contributed by atoms with Crippen molar-refractivity contribution in [3.8, 4) is 0 Å². The van der Waals surface area contributed by atoms with Gasteiger partial charge in [-0.15, -0.1) is 0 Å². The van der Waals surface area contributed by atoms with Gasteiger partial charge >= 0.3 is 0 Å². The van der Waals surface area contributed by atoms with Gasteiger partial charge < -0.3 is 10.3 Å². The summed E-state index contributed by atoms with van der Waals surface area (Å²) in [5, 5.41) is 3.59. The Morgan fingerprint density at radius 3 is 2.53 bits per heavy atom. The second-order valence-electron chi connectivity index (χ2n) is 3.41. The van der Waals surface area contributed by atoms with E-state index in [-0.39, 0.29) is 23.2 Å². The molecule has 1 atom stereocenters. The molecule has 0 aliphatic rings. The van der Waals surface area contributed by atoms with E-state index in [9.17, 15) is 8.42 Å². The van der Waals surface area contributed by atoms with Gasteiger partial charge in [0.05, 0.1) is 0 Å². The number of hydrogen-bond acceptors (Lipinski definition) is 5. The molecule has 7 heteroatoms. The van der Waals surface area contributed by atoms with Crippen LogP contribution in [0.3, 0.4) is 0 Å². The van der Waals surface area contributed by atoms with Crippen molar-refractivity contribution in [3.05, 3.63) is 11.5 Å². The third-order valence-electron chi connectivity index (χ3n) is 1.95. The zero-order valence-corrected chi connectivity index (χ0v) is 9.76. The number of sulfonamides is 1. The lowest BCUT2D eigenvalue weighted by Crippen LogP contribution is -2.38. The van der Waals surface area contributed by atoms with Crippen LogP contribution in [0.15, 0.2) is 9.42 Å². The number of rotatable bonds is 4. The van der Waals surface area contributed by atoms with Gasteiger partial charge in [-0.25, -0.2) is 13.1 Å². The van der Waals surface area contributed by atoms with Gasteiger partial charge in [0.25, 0.3) is 0 Å². The average Bonchev–Trinajstić information content (AvgIpc) is 2.45. The maximum atomic E-state index is 11.8. The molecule has 1 aromatic heterocycles. The molecule has 0 bridgehead atoms. The largest absolute Gasteiger partial charge is 0.360 e. The topological polar surface area (TPSA) is 98.2 Å². The molecule has 15 heavy (non-hydrogen) atoms. The van der Waals surface area contributed by atoms with E-state index >= 15 is 0 Å². The summed E-state index contributed by atoms with van der Waals surface area (Å²) in [6.07, 6.45) is 0. The molecule has 0 amide bonds. The minimum atomic E-state index is -3.58. The fourth-order valence-corrected chi connectivity index (χ4v) is 2.82. The lowest BCUT2D eigenvalue weighted by Gasteiger charge is -2.11. The molecule has 0 saturated carbocycles. The molecule has 0 aliphatic heterocycles. The molecule has 1 rings (SSSR count). The van der Waals surface area contributed by atoms with Crippen LogP contribution in [0.1, 0.15) is 18.4 Å². The SMILES string of the molecule is Cc1noc(C)c1S(=O)(=O)NC(C)CN. The Hall–Kier alpha value is -0.920. The third-order valence-corrected chi connectivity index (χ3v) is 3.78. The molecule has 0 aliphatic carbocycles. The smallest absolute Gasteiger partial charge is 0.246 e. The highest BCUT2D eigenvalue weighted by atomic mass is 32.2. The fourth-order valence-electron chi connectivity index (χ4n) is 1.23. The van der Waals surface area contributed by atoms with Crippen LogP contribution in [0.25, 0.3) is 0 Å². The summed E-state index contributed by atoms with van der Waals surface area (Å²) in [4.78, 5) is 0.0998. The van der Waals surface area contributed by atoms with Crippen LogP contribution in [0.2, 0.25) is 0 Å². The van der Waals surface area contributed by atoms with Gasteiger partial charge in [-0.1, -0.05) is 5.16 Å². The maximum Gasteiger partial charge on any atom is 0.246 e. The molecule has 3 N–H and O–H groups in total. The highest BCUT2D eigenvalue weighted by Gasteiger charge is 2.25. The van der Waals surface area contributed by atoms with Crippen LogP contribution in [0, 0.1) is 13.8 Å². The first-order chi connectivity index (χ1) is 6.88. The van der Waals surface area contributed by atoms with Crippen molar-refractivity contribution in [3.63, 3.8) is 0 Å². The van der Waals surface area contributed by atoms with Crippen LogP contribution >= 0.6 is 0 Å². The quantitative estimate of drug-likeness (QED) is 0.757. The molecule has 0 fully saturated rings. The van der Waals surface area contributed by atoms with Gasteiger partial charge in [-0.2, -0.15) is 0 Å². The Labute approximate surface area is 88.9 Å². The zero-order valence-electron chi connectivity index (χ0n) is 8.94. The van der Waals surface area contributed by atoms with Gasteiger partial charge in [0.2, 0.25) is 10.0 Å². The second kappa shape index (κ2) is 4.30. The molecule has 0 saturated heterocycles. The number of aryl methyl sites for hydroxylation is 2. The summed E-state index contributed by atoms with van der Waals surface area (Å²) in [6.45, 7) is 5.07. The minimum absolute atomic E-state index is 0.0998. The standard InChI is InChI=1S/C8H15N3O3S/c1-5(4-9)11-15(12,13)8-6(2)10-14-7(8)3/h5,11H,4,9H2,1-3H3. The van der Waals surface area contributed by atoms with Crippen molar-refractivity contribution < 1.29 is 12.9 Å². The Balaban J connectivity index is 3.07. The summed E-state index contributed by atoms with van der Waals surface area (Å²) < 4.78 is 30.9. The molecule has 1 unspecified atom stereocenters.